The molecule has 4 heterocycles. The Bertz CT molecular complexity index is 1350. The molecule has 3 saturated heterocycles. The molecule has 3 aromatic rings. The van der Waals surface area contributed by atoms with Crippen LogP contribution in [0.25, 0.3) is 11.0 Å². The van der Waals surface area contributed by atoms with Gasteiger partial charge in [-0.1, -0.05) is 45.0 Å². The topological polar surface area (TPSA) is 41.4 Å². The van der Waals surface area contributed by atoms with Gasteiger partial charge in [-0.05, 0) is 99.1 Å². The van der Waals surface area contributed by atoms with Crippen molar-refractivity contribution in [1.29, 1.82) is 0 Å². The standard InChI is InChI=1S/C34H45FN4O/c1-24-36-30-10-5-6-11-31(30)39(24)29-21-27-12-13-28(22-29)38(27)19-16-34(25-8-7-9-26(35)20-25)14-17-37(18-15-34)32(40)23-33(2,3)4/h5-11,20,27-29H,12-19,21-23H2,1-4H3/t27-,28+,29?. The zero-order chi connectivity index (χ0) is 28.1. The Morgan fingerprint density at radius 1 is 1.00 bits per heavy atom. The van der Waals surface area contributed by atoms with Gasteiger partial charge in [-0.15, -0.1) is 0 Å². The highest BCUT2D eigenvalue weighted by atomic mass is 19.1. The number of carbonyl (C=O) groups is 1. The van der Waals surface area contributed by atoms with Crippen LogP contribution in [0.5, 0.6) is 0 Å². The number of halogens is 1. The zero-order valence-corrected chi connectivity index (χ0v) is 24.7. The Morgan fingerprint density at radius 2 is 1.70 bits per heavy atom. The highest BCUT2D eigenvalue weighted by Gasteiger charge is 2.44. The summed E-state index contributed by atoms with van der Waals surface area (Å²) in [7, 11) is 0. The van der Waals surface area contributed by atoms with Gasteiger partial charge < -0.3 is 9.47 Å². The number of amides is 1. The Morgan fingerprint density at radius 3 is 2.38 bits per heavy atom. The first kappa shape index (κ1) is 27.4. The summed E-state index contributed by atoms with van der Waals surface area (Å²) in [5.74, 6) is 1.21. The second kappa shape index (κ2) is 10.6. The van der Waals surface area contributed by atoms with Crippen molar-refractivity contribution in [2.45, 2.75) is 103 Å². The SMILES string of the molecule is Cc1nc2ccccc2n1C1C[C@H]2CC[C@@H](C1)N2CCC1(c2cccc(F)c2)CCN(C(=O)CC(C)(C)C)CC1. The molecular weight excluding hydrogens is 499 g/mol. The number of benzene rings is 2. The molecule has 40 heavy (non-hydrogen) atoms. The number of aromatic nitrogens is 2. The van der Waals surface area contributed by atoms with E-state index in [1.54, 1.807) is 12.1 Å². The Labute approximate surface area is 238 Å². The highest BCUT2D eigenvalue weighted by Crippen LogP contribution is 2.45. The number of para-hydroxylation sites is 2. The van der Waals surface area contributed by atoms with Crippen molar-refractivity contribution in [3.05, 3.63) is 65.7 Å². The van der Waals surface area contributed by atoms with E-state index >= 15 is 0 Å². The monoisotopic (exact) mass is 544 g/mol. The van der Waals surface area contributed by atoms with E-state index in [0.29, 0.717) is 24.5 Å². The lowest BCUT2D eigenvalue weighted by Crippen LogP contribution is -2.49. The molecule has 214 valence electrons. The predicted molar refractivity (Wildman–Crippen MR) is 159 cm³/mol. The molecule has 1 aromatic heterocycles. The first-order chi connectivity index (χ1) is 19.1. The summed E-state index contributed by atoms with van der Waals surface area (Å²) in [5, 5.41) is 0. The fraction of sp³-hybridized carbons (Fsp3) is 0.588. The van der Waals surface area contributed by atoms with Crippen LogP contribution in [0.3, 0.4) is 0 Å². The van der Waals surface area contributed by atoms with Crippen molar-refractivity contribution in [2.24, 2.45) is 5.41 Å². The molecule has 0 saturated carbocycles. The molecular formula is C34H45FN4O. The van der Waals surface area contributed by atoms with Gasteiger partial charge in [0.2, 0.25) is 5.91 Å². The zero-order valence-electron chi connectivity index (χ0n) is 24.7. The molecule has 3 fully saturated rings. The molecule has 1 unspecified atom stereocenters. The summed E-state index contributed by atoms with van der Waals surface area (Å²) < 4.78 is 16.9. The smallest absolute Gasteiger partial charge is 0.223 e. The van der Waals surface area contributed by atoms with E-state index in [1.165, 1.54) is 31.2 Å². The molecule has 3 atom stereocenters. The fourth-order valence-electron chi connectivity index (χ4n) is 8.04. The minimum atomic E-state index is -0.160. The maximum atomic E-state index is 14.5. The van der Waals surface area contributed by atoms with Gasteiger partial charge in [-0.2, -0.15) is 0 Å². The fourth-order valence-corrected chi connectivity index (χ4v) is 8.04. The van der Waals surface area contributed by atoms with Crippen molar-refractivity contribution in [1.82, 2.24) is 19.4 Å². The van der Waals surface area contributed by atoms with E-state index in [1.807, 2.05) is 6.07 Å². The van der Waals surface area contributed by atoms with Gasteiger partial charge in [0.15, 0.2) is 0 Å². The Balaban J connectivity index is 1.17. The predicted octanol–water partition coefficient (Wildman–Crippen LogP) is 7.04. The van der Waals surface area contributed by atoms with E-state index in [-0.39, 0.29) is 22.6 Å². The van der Waals surface area contributed by atoms with E-state index in [4.69, 9.17) is 4.98 Å². The van der Waals surface area contributed by atoms with Gasteiger partial charge in [0.05, 0.1) is 11.0 Å². The number of hydrogen-bond acceptors (Lipinski definition) is 3. The van der Waals surface area contributed by atoms with Crippen LogP contribution in [0.1, 0.15) is 89.6 Å². The van der Waals surface area contributed by atoms with Crippen molar-refractivity contribution >= 4 is 16.9 Å². The van der Waals surface area contributed by atoms with Gasteiger partial charge in [-0.25, -0.2) is 9.37 Å². The second-order valence-electron chi connectivity index (χ2n) is 13.9. The molecule has 6 heteroatoms. The normalized spacial score (nSPS) is 25.0. The van der Waals surface area contributed by atoms with Gasteiger partial charge in [0, 0.05) is 37.6 Å². The average molecular weight is 545 g/mol. The molecule has 3 aliphatic heterocycles. The summed E-state index contributed by atoms with van der Waals surface area (Å²) >= 11 is 0. The summed E-state index contributed by atoms with van der Waals surface area (Å²) in [5.41, 5.74) is 3.36. The lowest BCUT2D eigenvalue weighted by molar-refractivity contribution is -0.134. The molecule has 6 rings (SSSR count). The van der Waals surface area contributed by atoms with Crippen molar-refractivity contribution in [3.63, 3.8) is 0 Å². The number of fused-ring (bicyclic) bond motifs is 3. The molecule has 0 N–H and O–H groups in total. The third-order valence-corrected chi connectivity index (χ3v) is 10.0. The van der Waals surface area contributed by atoms with Gasteiger partial charge in [0.25, 0.3) is 0 Å². The number of aryl methyl sites for hydroxylation is 1. The van der Waals surface area contributed by atoms with Crippen LogP contribution < -0.4 is 0 Å². The lowest BCUT2D eigenvalue weighted by Gasteiger charge is -2.46. The van der Waals surface area contributed by atoms with Crippen LogP contribution in [0.15, 0.2) is 48.5 Å². The quantitative estimate of drug-likeness (QED) is 0.334. The first-order valence-corrected chi connectivity index (χ1v) is 15.4. The summed E-state index contributed by atoms with van der Waals surface area (Å²) in [6, 6.07) is 17.5. The highest BCUT2D eigenvalue weighted by molar-refractivity contribution is 5.77. The van der Waals surface area contributed by atoms with Crippen molar-refractivity contribution < 1.29 is 9.18 Å². The van der Waals surface area contributed by atoms with Crippen LogP contribution in [-0.4, -0.2) is 57.0 Å². The molecule has 5 nitrogen and oxygen atoms in total. The molecule has 0 spiro atoms. The number of likely N-dealkylation sites (tertiary alicyclic amines) is 1. The van der Waals surface area contributed by atoms with E-state index in [2.05, 4.69) is 72.4 Å². The summed E-state index contributed by atoms with van der Waals surface area (Å²) in [6.07, 6.45) is 8.24. The van der Waals surface area contributed by atoms with Gasteiger partial charge in [0.1, 0.15) is 11.6 Å². The van der Waals surface area contributed by atoms with Crippen LogP contribution in [-0.2, 0) is 10.2 Å². The molecule has 0 radical (unpaired) electrons. The van der Waals surface area contributed by atoms with Crippen LogP contribution in [0.2, 0.25) is 0 Å². The summed E-state index contributed by atoms with van der Waals surface area (Å²) in [4.78, 5) is 22.7. The van der Waals surface area contributed by atoms with Crippen LogP contribution in [0, 0.1) is 18.2 Å². The number of rotatable bonds is 6. The first-order valence-electron chi connectivity index (χ1n) is 15.4. The lowest BCUT2D eigenvalue weighted by atomic mass is 9.70. The third kappa shape index (κ3) is 5.32. The number of carbonyl (C=O) groups excluding carboxylic acids is 1. The maximum absolute atomic E-state index is 14.5. The molecule has 2 aromatic carbocycles. The number of piperidine rings is 2. The minimum absolute atomic E-state index is 0.0128. The Hall–Kier alpha value is -2.73. The van der Waals surface area contributed by atoms with Gasteiger partial charge >= 0.3 is 0 Å². The summed E-state index contributed by atoms with van der Waals surface area (Å²) in [6.45, 7) is 11.1. The van der Waals surface area contributed by atoms with Gasteiger partial charge in [-0.3, -0.25) is 9.69 Å². The molecule has 3 aliphatic rings. The minimum Gasteiger partial charge on any atom is -0.343 e. The molecule has 1 amide bonds. The number of nitrogens with zero attached hydrogens (tertiary/aromatic N) is 4. The third-order valence-electron chi connectivity index (χ3n) is 10.0. The second-order valence-corrected chi connectivity index (χ2v) is 13.9. The van der Waals surface area contributed by atoms with E-state index in [9.17, 15) is 9.18 Å². The van der Waals surface area contributed by atoms with Crippen LogP contribution >= 0.6 is 0 Å². The average Bonchev–Trinajstić information content (AvgIpc) is 3.37. The van der Waals surface area contributed by atoms with Crippen molar-refractivity contribution in [2.75, 3.05) is 19.6 Å². The molecule has 0 aliphatic carbocycles. The van der Waals surface area contributed by atoms with E-state index in [0.717, 1.165) is 55.8 Å². The number of imidazole rings is 1. The maximum Gasteiger partial charge on any atom is 0.223 e. The Kier molecular flexibility index (Phi) is 7.27. The molecule has 2 bridgehead atoms. The van der Waals surface area contributed by atoms with Crippen molar-refractivity contribution in [3.8, 4) is 0 Å². The number of hydrogen-bond donors (Lipinski definition) is 0. The van der Waals surface area contributed by atoms with Crippen LogP contribution in [0.4, 0.5) is 4.39 Å². The largest absolute Gasteiger partial charge is 0.343 e. The van der Waals surface area contributed by atoms with E-state index < -0.39 is 0 Å².